The van der Waals surface area contributed by atoms with Crippen molar-refractivity contribution in [3.8, 4) is 23.1 Å². The number of aryl methyl sites for hydroxylation is 1. The van der Waals surface area contributed by atoms with Gasteiger partial charge in [0.25, 0.3) is 5.91 Å². The number of hydrogen-bond donors (Lipinski definition) is 1. The van der Waals surface area contributed by atoms with Gasteiger partial charge in [-0.1, -0.05) is 60.4 Å². The quantitative estimate of drug-likeness (QED) is 0.739. The zero-order valence-electron chi connectivity index (χ0n) is 13.2. The first-order valence-corrected chi connectivity index (χ1v) is 8.40. The van der Waals surface area contributed by atoms with Crippen LogP contribution in [-0.4, -0.2) is 17.4 Å². The molecule has 0 saturated heterocycles. The highest BCUT2D eigenvalue weighted by Gasteiger charge is 2.17. The number of benzene rings is 2. The minimum Gasteiger partial charge on any atom is -0.340 e. The van der Waals surface area contributed by atoms with Crippen molar-refractivity contribution < 1.29 is 4.79 Å². The van der Waals surface area contributed by atoms with Crippen molar-refractivity contribution in [2.45, 2.75) is 6.92 Å². The molecular weight excluding hydrogens is 316 g/mol. The molecule has 0 fully saturated rings. The zero-order chi connectivity index (χ0) is 16.8. The Morgan fingerprint density at radius 2 is 1.75 bits per heavy atom. The van der Waals surface area contributed by atoms with Gasteiger partial charge in [-0.25, -0.2) is 4.98 Å². The number of nitrogens with zero attached hydrogens (tertiary/aromatic N) is 1. The normalized spacial score (nSPS) is 9.88. The molecule has 3 nitrogen and oxygen atoms in total. The van der Waals surface area contributed by atoms with Gasteiger partial charge < -0.3 is 5.32 Å². The average Bonchev–Trinajstić information content (AvgIpc) is 3.02. The van der Waals surface area contributed by atoms with Gasteiger partial charge in [0.15, 0.2) is 0 Å². The highest BCUT2D eigenvalue weighted by Crippen LogP contribution is 2.27. The Morgan fingerprint density at radius 3 is 2.46 bits per heavy atom. The van der Waals surface area contributed by atoms with E-state index in [0.29, 0.717) is 11.4 Å². The molecule has 3 rings (SSSR count). The number of hydrogen-bond acceptors (Lipinski definition) is 3. The summed E-state index contributed by atoms with van der Waals surface area (Å²) >= 11 is 1.40. The molecule has 4 heteroatoms. The van der Waals surface area contributed by atoms with Crippen molar-refractivity contribution in [1.29, 1.82) is 0 Å². The molecule has 118 valence electrons. The van der Waals surface area contributed by atoms with E-state index in [-0.39, 0.29) is 5.91 Å². The summed E-state index contributed by atoms with van der Waals surface area (Å²) in [5, 5.41) is 3.72. The van der Waals surface area contributed by atoms with Gasteiger partial charge in [0.2, 0.25) is 0 Å². The number of carbonyl (C=O) groups excluding carboxylic acids is 1. The lowest BCUT2D eigenvalue weighted by molar-refractivity contribution is 0.0963. The van der Waals surface area contributed by atoms with Gasteiger partial charge in [0.1, 0.15) is 4.88 Å². The molecule has 24 heavy (non-hydrogen) atoms. The zero-order valence-corrected chi connectivity index (χ0v) is 14.1. The van der Waals surface area contributed by atoms with Gasteiger partial charge in [-0.2, -0.15) is 0 Å². The molecule has 1 N–H and O–H groups in total. The highest BCUT2D eigenvalue weighted by atomic mass is 32.1. The predicted molar refractivity (Wildman–Crippen MR) is 97.9 cm³/mol. The second-order valence-electron chi connectivity index (χ2n) is 5.13. The van der Waals surface area contributed by atoms with Crippen LogP contribution < -0.4 is 5.32 Å². The fraction of sp³-hybridized carbons (Fsp3) is 0.100. The van der Waals surface area contributed by atoms with Crippen LogP contribution in [0.25, 0.3) is 11.3 Å². The number of aromatic nitrogens is 1. The number of nitrogens with one attached hydrogen (secondary N) is 1. The maximum atomic E-state index is 12.5. The van der Waals surface area contributed by atoms with E-state index < -0.39 is 0 Å². The summed E-state index contributed by atoms with van der Waals surface area (Å²) in [4.78, 5) is 17.6. The van der Waals surface area contributed by atoms with E-state index in [1.165, 1.54) is 11.3 Å². The summed E-state index contributed by atoms with van der Waals surface area (Å²) < 4.78 is 0. The van der Waals surface area contributed by atoms with E-state index in [1.54, 1.807) is 0 Å². The lowest BCUT2D eigenvalue weighted by Gasteiger charge is -2.02. The molecule has 0 saturated carbocycles. The molecule has 1 aromatic heterocycles. The van der Waals surface area contributed by atoms with E-state index in [9.17, 15) is 4.79 Å². The SMILES string of the molecule is Cc1nc(-c2ccccc2)c(C(=O)NCC#Cc2ccccc2)s1. The third-order valence-corrected chi connectivity index (χ3v) is 4.30. The molecule has 1 heterocycles. The topological polar surface area (TPSA) is 42.0 Å². The second-order valence-corrected chi connectivity index (χ2v) is 6.33. The predicted octanol–water partition coefficient (Wildman–Crippen LogP) is 3.90. The first-order chi connectivity index (χ1) is 11.7. The summed E-state index contributed by atoms with van der Waals surface area (Å²) in [5.41, 5.74) is 2.61. The van der Waals surface area contributed by atoms with Crippen LogP contribution in [0.4, 0.5) is 0 Å². The van der Waals surface area contributed by atoms with Crippen molar-refractivity contribution in [2.75, 3.05) is 6.54 Å². The summed E-state index contributed by atoms with van der Waals surface area (Å²) in [5.74, 6) is 5.86. The van der Waals surface area contributed by atoms with Crippen LogP contribution in [0.2, 0.25) is 0 Å². The summed E-state index contributed by atoms with van der Waals surface area (Å²) in [6, 6.07) is 19.5. The van der Waals surface area contributed by atoms with Crippen LogP contribution in [0.5, 0.6) is 0 Å². The van der Waals surface area contributed by atoms with Crippen molar-refractivity contribution in [1.82, 2.24) is 10.3 Å². The van der Waals surface area contributed by atoms with Crippen LogP contribution in [-0.2, 0) is 0 Å². The van der Waals surface area contributed by atoms with E-state index >= 15 is 0 Å². The van der Waals surface area contributed by atoms with Crippen LogP contribution in [0.15, 0.2) is 60.7 Å². The molecular formula is C20H16N2OS. The van der Waals surface area contributed by atoms with Gasteiger partial charge in [-0.3, -0.25) is 4.79 Å². The van der Waals surface area contributed by atoms with Gasteiger partial charge in [-0.05, 0) is 19.1 Å². The Bertz CT molecular complexity index is 890. The Balaban J connectivity index is 1.71. The molecule has 0 spiro atoms. The fourth-order valence-electron chi connectivity index (χ4n) is 2.25. The Labute approximate surface area is 145 Å². The van der Waals surface area contributed by atoms with Crippen molar-refractivity contribution in [2.24, 2.45) is 0 Å². The maximum absolute atomic E-state index is 12.5. The van der Waals surface area contributed by atoms with Gasteiger partial charge in [-0.15, -0.1) is 11.3 Å². The summed E-state index contributed by atoms with van der Waals surface area (Å²) in [6.07, 6.45) is 0. The molecule has 0 unspecified atom stereocenters. The van der Waals surface area contributed by atoms with E-state index in [1.807, 2.05) is 67.6 Å². The Hall–Kier alpha value is -2.90. The van der Waals surface area contributed by atoms with Crippen molar-refractivity contribution >= 4 is 17.2 Å². The van der Waals surface area contributed by atoms with Gasteiger partial charge in [0, 0.05) is 11.1 Å². The van der Waals surface area contributed by atoms with Crippen LogP contribution in [0.3, 0.4) is 0 Å². The highest BCUT2D eigenvalue weighted by molar-refractivity contribution is 7.14. The van der Waals surface area contributed by atoms with Crippen molar-refractivity contribution in [3.05, 3.63) is 76.1 Å². The maximum Gasteiger partial charge on any atom is 0.264 e. The molecule has 2 aromatic carbocycles. The Kier molecular flexibility index (Phi) is 5.05. The molecule has 0 bridgehead atoms. The van der Waals surface area contributed by atoms with Crippen molar-refractivity contribution in [3.63, 3.8) is 0 Å². The minimum absolute atomic E-state index is 0.137. The molecule has 0 atom stereocenters. The van der Waals surface area contributed by atoms with Crippen LogP contribution in [0.1, 0.15) is 20.2 Å². The number of amides is 1. The molecule has 1 amide bonds. The number of thiazole rings is 1. The van der Waals surface area contributed by atoms with Gasteiger partial charge in [0.05, 0.1) is 17.2 Å². The number of carbonyl (C=O) groups is 1. The van der Waals surface area contributed by atoms with E-state index in [0.717, 1.165) is 21.8 Å². The number of rotatable bonds is 3. The van der Waals surface area contributed by atoms with Gasteiger partial charge >= 0.3 is 0 Å². The first kappa shape index (κ1) is 16.0. The third kappa shape index (κ3) is 3.89. The smallest absolute Gasteiger partial charge is 0.264 e. The lowest BCUT2D eigenvalue weighted by atomic mass is 10.1. The van der Waals surface area contributed by atoms with Crippen LogP contribution in [0, 0.1) is 18.8 Å². The molecule has 3 aromatic rings. The minimum atomic E-state index is -0.137. The van der Waals surface area contributed by atoms with E-state index in [4.69, 9.17) is 0 Å². The molecule has 0 radical (unpaired) electrons. The second kappa shape index (κ2) is 7.58. The largest absolute Gasteiger partial charge is 0.340 e. The molecule has 0 aliphatic carbocycles. The van der Waals surface area contributed by atoms with E-state index in [2.05, 4.69) is 22.1 Å². The Morgan fingerprint density at radius 1 is 1.08 bits per heavy atom. The lowest BCUT2D eigenvalue weighted by Crippen LogP contribution is -2.23. The average molecular weight is 332 g/mol. The fourth-order valence-corrected chi connectivity index (χ4v) is 3.10. The molecule has 0 aliphatic heterocycles. The monoisotopic (exact) mass is 332 g/mol. The summed E-state index contributed by atoms with van der Waals surface area (Å²) in [6.45, 7) is 2.21. The van der Waals surface area contributed by atoms with Crippen LogP contribution >= 0.6 is 11.3 Å². The third-order valence-electron chi connectivity index (χ3n) is 3.33. The first-order valence-electron chi connectivity index (χ1n) is 7.59. The molecule has 0 aliphatic rings. The standard InChI is InChI=1S/C20H16N2OS/c1-15-22-18(17-12-6-3-7-13-17)19(24-15)20(23)21-14-8-11-16-9-4-2-5-10-16/h2-7,9-10,12-13H,14H2,1H3,(H,21,23). The summed E-state index contributed by atoms with van der Waals surface area (Å²) in [7, 11) is 0.